The number of nitrogens with one attached hydrogen (secondary N) is 2. The van der Waals surface area contributed by atoms with Gasteiger partial charge in [-0.2, -0.15) is 0 Å². The summed E-state index contributed by atoms with van der Waals surface area (Å²) in [4.78, 5) is 0.227. The van der Waals surface area contributed by atoms with Crippen molar-refractivity contribution in [3.05, 3.63) is 53.1 Å². The molecular formula is C18H20N2O3S2. The lowest BCUT2D eigenvalue weighted by atomic mass is 9.97. The first-order valence-electron chi connectivity index (χ1n) is 7.96. The maximum Gasteiger partial charge on any atom is 0.261 e. The van der Waals surface area contributed by atoms with E-state index in [1.807, 2.05) is 26.8 Å². The molecule has 0 fully saturated rings. The zero-order valence-corrected chi connectivity index (χ0v) is 15.9. The average molecular weight is 377 g/mol. The Bertz CT molecular complexity index is 925. The molecule has 0 radical (unpaired) electrons. The summed E-state index contributed by atoms with van der Waals surface area (Å²) < 4.78 is 33.9. The van der Waals surface area contributed by atoms with Crippen LogP contribution in [0.2, 0.25) is 0 Å². The molecule has 2 aromatic carbocycles. The second kappa shape index (κ2) is 6.65. The number of fused-ring (bicyclic) bond motifs is 1. The van der Waals surface area contributed by atoms with Crippen molar-refractivity contribution in [1.82, 2.24) is 0 Å². The van der Waals surface area contributed by atoms with E-state index in [1.165, 1.54) is 0 Å². The smallest absolute Gasteiger partial charge is 0.261 e. The molecule has 0 amide bonds. The number of anilines is 2. The Balaban J connectivity index is 2.11. The molecule has 0 spiro atoms. The summed E-state index contributed by atoms with van der Waals surface area (Å²) in [5.41, 5.74) is 4.11. The van der Waals surface area contributed by atoms with Gasteiger partial charge >= 0.3 is 0 Å². The number of benzene rings is 2. The lowest BCUT2D eigenvalue weighted by Gasteiger charge is -2.19. The van der Waals surface area contributed by atoms with Crippen LogP contribution in [0.3, 0.4) is 0 Å². The molecule has 3 rings (SSSR count). The fourth-order valence-corrected chi connectivity index (χ4v) is 4.48. The molecule has 1 atom stereocenters. The molecule has 0 aromatic heterocycles. The Morgan fingerprint density at radius 1 is 1.20 bits per heavy atom. The van der Waals surface area contributed by atoms with Gasteiger partial charge in [-0.05, 0) is 56.2 Å². The molecular weight excluding hydrogens is 356 g/mol. The molecule has 1 unspecified atom stereocenters. The van der Waals surface area contributed by atoms with E-state index in [2.05, 4.69) is 10.0 Å². The van der Waals surface area contributed by atoms with Crippen molar-refractivity contribution in [2.75, 3.05) is 10.0 Å². The largest absolute Gasteiger partial charge is 0.467 e. The summed E-state index contributed by atoms with van der Waals surface area (Å²) in [5, 5.41) is 3.39. The molecule has 0 aliphatic carbocycles. The van der Waals surface area contributed by atoms with Gasteiger partial charge in [-0.25, -0.2) is 8.42 Å². The highest BCUT2D eigenvalue weighted by Crippen LogP contribution is 2.36. The van der Waals surface area contributed by atoms with Crippen molar-refractivity contribution in [3.63, 3.8) is 0 Å². The number of sulfonamides is 1. The Labute approximate surface area is 153 Å². The molecule has 0 saturated carbocycles. The zero-order chi connectivity index (χ0) is 18.2. The van der Waals surface area contributed by atoms with Gasteiger partial charge in [-0.15, -0.1) is 0 Å². The molecule has 132 valence electrons. The number of hydrogen-bond acceptors (Lipinski definition) is 4. The molecule has 1 heterocycles. The Morgan fingerprint density at radius 3 is 2.56 bits per heavy atom. The normalized spacial score (nSPS) is 17.1. The van der Waals surface area contributed by atoms with Crippen molar-refractivity contribution in [2.45, 2.75) is 38.2 Å². The van der Waals surface area contributed by atoms with Crippen LogP contribution in [0.4, 0.5) is 11.4 Å². The van der Waals surface area contributed by atoms with E-state index in [0.717, 1.165) is 22.4 Å². The van der Waals surface area contributed by atoms with Gasteiger partial charge in [0.2, 0.25) is 0 Å². The predicted octanol–water partition coefficient (Wildman–Crippen LogP) is 3.76. The highest BCUT2D eigenvalue weighted by atomic mass is 32.2. The van der Waals surface area contributed by atoms with E-state index < -0.39 is 10.0 Å². The summed E-state index contributed by atoms with van der Waals surface area (Å²) in [6, 6.07) is 10.3. The highest BCUT2D eigenvalue weighted by Gasteiger charge is 2.25. The highest BCUT2D eigenvalue weighted by molar-refractivity contribution is 7.92. The summed E-state index contributed by atoms with van der Waals surface area (Å²) in [5.74, 6) is 0. The van der Waals surface area contributed by atoms with E-state index in [0.29, 0.717) is 17.3 Å². The van der Waals surface area contributed by atoms with E-state index in [9.17, 15) is 8.42 Å². The first kappa shape index (κ1) is 17.7. The van der Waals surface area contributed by atoms with Gasteiger partial charge in [0.05, 0.1) is 16.3 Å². The maximum atomic E-state index is 12.8. The SMILES string of the molecule is Cc1cc(C)c(NS(=O)(=O)c2ccccc2)c2c1NC(=S)OC(C)C2. The molecule has 7 heteroatoms. The number of rotatable bonds is 3. The zero-order valence-electron chi connectivity index (χ0n) is 14.3. The third-order valence-electron chi connectivity index (χ3n) is 4.14. The molecule has 0 bridgehead atoms. The van der Waals surface area contributed by atoms with E-state index >= 15 is 0 Å². The molecule has 5 nitrogen and oxygen atoms in total. The molecule has 25 heavy (non-hydrogen) atoms. The fourth-order valence-electron chi connectivity index (χ4n) is 3.03. The van der Waals surface area contributed by atoms with Crippen LogP contribution in [0.25, 0.3) is 0 Å². The first-order chi connectivity index (χ1) is 11.8. The van der Waals surface area contributed by atoms with Crippen LogP contribution in [0.15, 0.2) is 41.3 Å². The minimum Gasteiger partial charge on any atom is -0.467 e. The Hall–Kier alpha value is -2.12. The third-order valence-corrected chi connectivity index (χ3v) is 5.71. The fraction of sp³-hybridized carbons (Fsp3) is 0.278. The summed E-state index contributed by atoms with van der Waals surface area (Å²) in [7, 11) is -3.68. The van der Waals surface area contributed by atoms with Crippen molar-refractivity contribution < 1.29 is 13.2 Å². The minimum atomic E-state index is -3.68. The van der Waals surface area contributed by atoms with Crippen molar-refractivity contribution in [3.8, 4) is 0 Å². The number of aryl methyl sites for hydroxylation is 2. The number of hydrogen-bond donors (Lipinski definition) is 2. The van der Waals surface area contributed by atoms with Gasteiger partial charge in [0.25, 0.3) is 15.2 Å². The molecule has 2 N–H and O–H groups in total. The molecule has 2 aromatic rings. The van der Waals surface area contributed by atoms with Gasteiger partial charge in [0.15, 0.2) is 0 Å². The number of thiocarbonyl (C=S) groups is 1. The third kappa shape index (κ3) is 3.62. The van der Waals surface area contributed by atoms with Crippen LogP contribution < -0.4 is 10.0 Å². The van der Waals surface area contributed by atoms with Gasteiger partial charge in [-0.1, -0.05) is 24.3 Å². The second-order valence-corrected chi connectivity index (χ2v) is 8.26. The first-order valence-corrected chi connectivity index (χ1v) is 9.85. The Morgan fingerprint density at radius 2 is 1.88 bits per heavy atom. The van der Waals surface area contributed by atoms with Crippen LogP contribution in [0.1, 0.15) is 23.6 Å². The van der Waals surface area contributed by atoms with Crippen LogP contribution in [-0.2, 0) is 21.2 Å². The Kier molecular flexibility index (Phi) is 4.71. The monoisotopic (exact) mass is 376 g/mol. The maximum absolute atomic E-state index is 12.8. The van der Waals surface area contributed by atoms with E-state index in [4.69, 9.17) is 17.0 Å². The lowest BCUT2D eigenvalue weighted by Crippen LogP contribution is -2.17. The van der Waals surface area contributed by atoms with E-state index in [1.54, 1.807) is 30.3 Å². The minimum absolute atomic E-state index is 0.151. The number of ether oxygens (including phenoxy) is 1. The quantitative estimate of drug-likeness (QED) is 0.799. The second-order valence-electron chi connectivity index (χ2n) is 6.20. The molecule has 1 aliphatic rings. The van der Waals surface area contributed by atoms with Crippen LogP contribution in [0, 0.1) is 13.8 Å². The predicted molar refractivity (Wildman–Crippen MR) is 104 cm³/mol. The summed E-state index contributed by atoms with van der Waals surface area (Å²) in [6.45, 7) is 5.77. The van der Waals surface area contributed by atoms with Crippen molar-refractivity contribution in [1.29, 1.82) is 0 Å². The van der Waals surface area contributed by atoms with Crippen LogP contribution in [0.5, 0.6) is 0 Å². The van der Waals surface area contributed by atoms with Crippen molar-refractivity contribution in [2.24, 2.45) is 0 Å². The topological polar surface area (TPSA) is 67.4 Å². The van der Waals surface area contributed by atoms with E-state index in [-0.39, 0.29) is 11.0 Å². The molecule has 0 saturated heterocycles. The summed E-state index contributed by atoms with van der Waals surface area (Å²) in [6.07, 6.45) is 0.403. The summed E-state index contributed by atoms with van der Waals surface area (Å²) >= 11 is 5.20. The van der Waals surface area contributed by atoms with Gasteiger partial charge in [0, 0.05) is 12.0 Å². The van der Waals surface area contributed by atoms with Crippen molar-refractivity contribution >= 4 is 38.8 Å². The standard InChI is InChI=1S/C18H20N2O3S2/c1-11-9-12(2)17(15-10-13(3)23-18(24)19-16(11)15)20-25(21,22)14-7-5-4-6-8-14/h4-9,13,20H,10H2,1-3H3,(H,19,24). The van der Waals surface area contributed by atoms with Crippen LogP contribution in [-0.4, -0.2) is 19.7 Å². The average Bonchev–Trinajstić information content (AvgIpc) is 2.70. The van der Waals surface area contributed by atoms with Gasteiger partial charge in [-0.3, -0.25) is 4.72 Å². The lowest BCUT2D eigenvalue weighted by molar-refractivity contribution is 0.217. The van der Waals surface area contributed by atoms with Gasteiger partial charge in [0.1, 0.15) is 6.10 Å². The molecule has 1 aliphatic heterocycles. The van der Waals surface area contributed by atoms with Crippen LogP contribution >= 0.6 is 12.2 Å². The van der Waals surface area contributed by atoms with Gasteiger partial charge < -0.3 is 10.1 Å².